The fourth-order valence-corrected chi connectivity index (χ4v) is 4.74. The highest BCUT2D eigenvalue weighted by Crippen LogP contribution is 2.32. The van der Waals surface area contributed by atoms with Gasteiger partial charge >= 0.3 is 5.97 Å². The number of hydrogen-bond donors (Lipinski definition) is 0. The smallest absolute Gasteiger partial charge is 0.338 e. The first-order valence-electron chi connectivity index (χ1n) is 9.61. The summed E-state index contributed by atoms with van der Waals surface area (Å²) in [6, 6.07) is 12.2. The van der Waals surface area contributed by atoms with E-state index in [1.165, 1.54) is 10.6 Å². The van der Waals surface area contributed by atoms with E-state index in [1.54, 1.807) is 56.3 Å². The van der Waals surface area contributed by atoms with E-state index in [4.69, 9.17) is 16.3 Å². The van der Waals surface area contributed by atoms with E-state index in [0.717, 1.165) is 11.3 Å². The van der Waals surface area contributed by atoms with E-state index < -0.39 is 17.8 Å². The predicted molar refractivity (Wildman–Crippen MR) is 118 cm³/mol. The highest BCUT2D eigenvalue weighted by molar-refractivity contribution is 7.07. The predicted octanol–water partition coefficient (Wildman–Crippen LogP) is 3.59. The summed E-state index contributed by atoms with van der Waals surface area (Å²) in [4.78, 5) is 31.0. The van der Waals surface area contributed by atoms with Crippen molar-refractivity contribution in [3.63, 3.8) is 0 Å². The van der Waals surface area contributed by atoms with Gasteiger partial charge in [-0.05, 0) is 37.6 Å². The zero-order valence-corrected chi connectivity index (χ0v) is 18.3. The lowest BCUT2D eigenvalue weighted by Crippen LogP contribution is -2.40. The molecular formula is C23H18ClFN2O3S. The molecule has 1 aliphatic heterocycles. The monoisotopic (exact) mass is 456 g/mol. The molecule has 2 heterocycles. The van der Waals surface area contributed by atoms with Gasteiger partial charge in [0.05, 0.1) is 22.4 Å². The molecule has 5 nitrogen and oxygen atoms in total. The quantitative estimate of drug-likeness (QED) is 0.564. The molecule has 0 amide bonds. The van der Waals surface area contributed by atoms with Crippen LogP contribution >= 0.6 is 22.9 Å². The largest absolute Gasteiger partial charge is 0.463 e. The van der Waals surface area contributed by atoms with Crippen molar-refractivity contribution in [3.8, 4) is 0 Å². The molecule has 1 aliphatic rings. The Labute approximate surface area is 186 Å². The molecule has 0 spiro atoms. The van der Waals surface area contributed by atoms with Crippen LogP contribution in [0.1, 0.15) is 31.0 Å². The Hall–Kier alpha value is -3.03. The number of thiazole rings is 1. The second-order valence-electron chi connectivity index (χ2n) is 6.85. The third-order valence-corrected chi connectivity index (χ3v) is 6.24. The van der Waals surface area contributed by atoms with Crippen molar-refractivity contribution in [3.05, 3.63) is 101 Å². The molecule has 4 rings (SSSR count). The van der Waals surface area contributed by atoms with Crippen LogP contribution in [-0.2, 0) is 9.53 Å². The second kappa shape index (κ2) is 8.61. The molecule has 1 atom stereocenters. The number of esters is 1. The lowest BCUT2D eigenvalue weighted by molar-refractivity contribution is -0.139. The van der Waals surface area contributed by atoms with Crippen LogP contribution in [0.25, 0.3) is 6.08 Å². The molecule has 0 radical (unpaired) electrons. The molecule has 0 saturated heterocycles. The van der Waals surface area contributed by atoms with Gasteiger partial charge in [-0.15, -0.1) is 0 Å². The number of carbonyl (C=O) groups is 1. The van der Waals surface area contributed by atoms with Crippen molar-refractivity contribution >= 4 is 35.0 Å². The van der Waals surface area contributed by atoms with Crippen molar-refractivity contribution in [2.45, 2.75) is 19.9 Å². The van der Waals surface area contributed by atoms with Crippen LogP contribution < -0.4 is 14.9 Å². The van der Waals surface area contributed by atoms with Gasteiger partial charge in [-0.1, -0.05) is 59.3 Å². The summed E-state index contributed by atoms with van der Waals surface area (Å²) in [6.07, 6.45) is 1.67. The number of fused-ring (bicyclic) bond motifs is 1. The molecule has 158 valence electrons. The molecule has 0 saturated carbocycles. The Morgan fingerprint density at radius 1 is 1.26 bits per heavy atom. The van der Waals surface area contributed by atoms with E-state index in [1.807, 2.05) is 6.07 Å². The summed E-state index contributed by atoms with van der Waals surface area (Å²) >= 11 is 7.40. The van der Waals surface area contributed by atoms with Crippen molar-refractivity contribution in [2.75, 3.05) is 6.61 Å². The van der Waals surface area contributed by atoms with Gasteiger partial charge in [-0.2, -0.15) is 0 Å². The SMILES string of the molecule is CCOC(=O)C1=C(C)N=c2s/c(=C\c3ccccc3Cl)c(=O)n2[C@H]1c1ccccc1F. The summed E-state index contributed by atoms with van der Waals surface area (Å²) in [5, 5.41) is 0.502. The van der Waals surface area contributed by atoms with Gasteiger partial charge in [0.1, 0.15) is 11.9 Å². The molecule has 0 unspecified atom stereocenters. The minimum Gasteiger partial charge on any atom is -0.463 e. The van der Waals surface area contributed by atoms with Gasteiger partial charge in [0, 0.05) is 10.6 Å². The second-order valence-corrected chi connectivity index (χ2v) is 8.26. The van der Waals surface area contributed by atoms with E-state index in [9.17, 15) is 14.0 Å². The number of ether oxygens (including phenoxy) is 1. The fraction of sp³-hybridized carbons (Fsp3) is 0.174. The highest BCUT2D eigenvalue weighted by atomic mass is 35.5. The first-order valence-corrected chi connectivity index (χ1v) is 10.8. The normalized spacial score (nSPS) is 16.1. The van der Waals surface area contributed by atoms with Gasteiger partial charge in [0.2, 0.25) is 0 Å². The van der Waals surface area contributed by atoms with Crippen LogP contribution in [0.3, 0.4) is 0 Å². The van der Waals surface area contributed by atoms with E-state index in [0.29, 0.717) is 25.6 Å². The summed E-state index contributed by atoms with van der Waals surface area (Å²) < 4.78 is 21.7. The molecule has 1 aromatic heterocycles. The Morgan fingerprint density at radius 3 is 2.68 bits per heavy atom. The summed E-state index contributed by atoms with van der Waals surface area (Å²) in [5.74, 6) is -1.15. The summed E-state index contributed by atoms with van der Waals surface area (Å²) in [5.41, 5.74) is 1.02. The van der Waals surface area contributed by atoms with Crippen molar-refractivity contribution in [1.82, 2.24) is 4.57 Å². The lowest BCUT2D eigenvalue weighted by Gasteiger charge is -2.24. The molecule has 8 heteroatoms. The highest BCUT2D eigenvalue weighted by Gasteiger charge is 2.34. The Morgan fingerprint density at radius 2 is 1.97 bits per heavy atom. The number of nitrogens with zero attached hydrogens (tertiary/aromatic N) is 2. The average Bonchev–Trinajstić information content (AvgIpc) is 3.04. The first-order chi connectivity index (χ1) is 14.9. The zero-order chi connectivity index (χ0) is 22.1. The van der Waals surface area contributed by atoms with Crippen molar-refractivity contribution < 1.29 is 13.9 Å². The molecule has 2 aromatic carbocycles. The topological polar surface area (TPSA) is 60.7 Å². The van der Waals surface area contributed by atoms with E-state index in [-0.39, 0.29) is 23.3 Å². The van der Waals surface area contributed by atoms with Gasteiger partial charge in [0.25, 0.3) is 5.56 Å². The minimum absolute atomic E-state index is 0.142. The molecule has 3 aromatic rings. The number of aromatic nitrogens is 1. The zero-order valence-electron chi connectivity index (χ0n) is 16.8. The first kappa shape index (κ1) is 21.2. The van der Waals surface area contributed by atoms with Crippen LogP contribution in [0.5, 0.6) is 0 Å². The van der Waals surface area contributed by atoms with Gasteiger partial charge in [0.15, 0.2) is 4.80 Å². The summed E-state index contributed by atoms with van der Waals surface area (Å²) in [7, 11) is 0. The fourth-order valence-electron chi connectivity index (χ4n) is 3.52. The third-order valence-electron chi connectivity index (χ3n) is 4.91. The van der Waals surface area contributed by atoms with Crippen LogP contribution in [-0.4, -0.2) is 17.1 Å². The maximum absolute atomic E-state index is 14.8. The maximum atomic E-state index is 14.8. The van der Waals surface area contributed by atoms with E-state index in [2.05, 4.69) is 4.99 Å². The number of hydrogen-bond acceptors (Lipinski definition) is 5. The van der Waals surface area contributed by atoms with Gasteiger partial charge in [-0.3, -0.25) is 9.36 Å². The van der Waals surface area contributed by atoms with E-state index >= 15 is 0 Å². The Bertz CT molecular complexity index is 1390. The molecule has 31 heavy (non-hydrogen) atoms. The molecule has 0 fully saturated rings. The van der Waals surface area contributed by atoms with Crippen molar-refractivity contribution in [2.24, 2.45) is 4.99 Å². The van der Waals surface area contributed by atoms with Crippen LogP contribution in [0.4, 0.5) is 4.39 Å². The number of allylic oxidation sites excluding steroid dienone is 1. The minimum atomic E-state index is -0.982. The number of halogens is 2. The van der Waals surface area contributed by atoms with Crippen molar-refractivity contribution in [1.29, 1.82) is 0 Å². The standard InChI is InChI=1S/C23H18ClFN2O3S/c1-3-30-22(29)19-13(2)26-23-27(20(19)15-9-5-7-11-17(15)25)21(28)18(31-23)12-14-8-4-6-10-16(14)24/h4-12,20H,3H2,1-2H3/b18-12-/t20-/m0/s1. The lowest BCUT2D eigenvalue weighted by atomic mass is 9.95. The number of rotatable bonds is 4. The average molecular weight is 457 g/mol. The van der Waals surface area contributed by atoms with Crippen LogP contribution in [0.15, 0.2) is 69.6 Å². The number of benzene rings is 2. The van der Waals surface area contributed by atoms with Crippen LogP contribution in [0, 0.1) is 5.82 Å². The molecule has 0 aliphatic carbocycles. The number of carbonyl (C=O) groups excluding carboxylic acids is 1. The summed E-state index contributed by atoms with van der Waals surface area (Å²) in [6.45, 7) is 3.49. The molecule has 0 N–H and O–H groups in total. The molecular weight excluding hydrogens is 439 g/mol. The van der Waals surface area contributed by atoms with Crippen LogP contribution in [0.2, 0.25) is 5.02 Å². The van der Waals surface area contributed by atoms with Gasteiger partial charge < -0.3 is 4.74 Å². The Kier molecular flexibility index (Phi) is 5.89. The van der Waals surface area contributed by atoms with Gasteiger partial charge in [-0.25, -0.2) is 14.2 Å². The Balaban J connectivity index is 2.00. The maximum Gasteiger partial charge on any atom is 0.338 e. The molecule has 0 bridgehead atoms. The third kappa shape index (κ3) is 3.86.